The summed E-state index contributed by atoms with van der Waals surface area (Å²) < 4.78 is 0. The number of aromatic nitrogens is 1. The lowest BCUT2D eigenvalue weighted by molar-refractivity contribution is 0.111. The monoisotopic (exact) mass is 213 g/mol. The fraction of sp³-hybridized carbons (Fsp3) is 0.214. The summed E-state index contributed by atoms with van der Waals surface area (Å²) in [6, 6.07) is 12.1. The first-order valence-electron chi connectivity index (χ1n) is 5.45. The van der Waals surface area contributed by atoms with Crippen molar-refractivity contribution in [2.75, 3.05) is 0 Å². The first-order chi connectivity index (χ1) is 7.70. The SMILES string of the molecule is CC(C)c1ccc(-c2ccc(C=O)[nH]2)cc1. The van der Waals surface area contributed by atoms with Crippen LogP contribution >= 0.6 is 0 Å². The lowest BCUT2D eigenvalue weighted by Gasteiger charge is -2.05. The highest BCUT2D eigenvalue weighted by molar-refractivity contribution is 5.75. The zero-order valence-electron chi connectivity index (χ0n) is 9.53. The average molecular weight is 213 g/mol. The highest BCUT2D eigenvalue weighted by Crippen LogP contribution is 2.21. The number of carbonyl (C=O) groups is 1. The van der Waals surface area contributed by atoms with Gasteiger partial charge in [0.1, 0.15) is 0 Å². The Hall–Kier alpha value is -1.83. The third-order valence-electron chi connectivity index (χ3n) is 2.72. The van der Waals surface area contributed by atoms with Crippen LogP contribution in [0.3, 0.4) is 0 Å². The summed E-state index contributed by atoms with van der Waals surface area (Å²) in [6.45, 7) is 4.35. The van der Waals surface area contributed by atoms with Crippen molar-refractivity contribution >= 4 is 6.29 Å². The largest absolute Gasteiger partial charge is 0.352 e. The van der Waals surface area contributed by atoms with E-state index in [1.807, 2.05) is 6.07 Å². The molecule has 1 heterocycles. The maximum absolute atomic E-state index is 10.6. The highest BCUT2D eigenvalue weighted by Gasteiger charge is 2.02. The summed E-state index contributed by atoms with van der Waals surface area (Å²) in [4.78, 5) is 13.6. The number of rotatable bonds is 3. The average Bonchev–Trinajstić information content (AvgIpc) is 2.77. The van der Waals surface area contributed by atoms with Crippen LogP contribution in [-0.2, 0) is 0 Å². The molecule has 0 aliphatic heterocycles. The second-order valence-corrected chi connectivity index (χ2v) is 4.22. The van der Waals surface area contributed by atoms with Crippen LogP contribution in [0.15, 0.2) is 36.4 Å². The number of carbonyl (C=O) groups excluding carboxylic acids is 1. The van der Waals surface area contributed by atoms with Gasteiger partial charge in [0.25, 0.3) is 0 Å². The molecular formula is C14H15NO. The molecule has 0 fully saturated rings. The molecule has 0 unspecified atom stereocenters. The summed E-state index contributed by atoms with van der Waals surface area (Å²) >= 11 is 0. The Kier molecular flexibility index (Phi) is 2.91. The number of nitrogens with one attached hydrogen (secondary N) is 1. The molecule has 0 spiro atoms. The molecule has 2 nitrogen and oxygen atoms in total. The van der Waals surface area contributed by atoms with Crippen molar-refractivity contribution in [2.45, 2.75) is 19.8 Å². The smallest absolute Gasteiger partial charge is 0.166 e. The van der Waals surface area contributed by atoms with Gasteiger partial charge >= 0.3 is 0 Å². The molecule has 16 heavy (non-hydrogen) atoms. The van der Waals surface area contributed by atoms with E-state index in [0.29, 0.717) is 11.6 Å². The molecule has 0 aliphatic carbocycles. The van der Waals surface area contributed by atoms with E-state index < -0.39 is 0 Å². The van der Waals surface area contributed by atoms with Crippen LogP contribution < -0.4 is 0 Å². The maximum Gasteiger partial charge on any atom is 0.166 e. The molecule has 0 atom stereocenters. The van der Waals surface area contributed by atoms with E-state index in [4.69, 9.17) is 0 Å². The van der Waals surface area contributed by atoms with Gasteiger partial charge in [-0.15, -0.1) is 0 Å². The molecule has 0 saturated heterocycles. The number of H-pyrrole nitrogens is 1. The van der Waals surface area contributed by atoms with Crippen LogP contribution in [-0.4, -0.2) is 11.3 Å². The topological polar surface area (TPSA) is 32.9 Å². The molecule has 1 N–H and O–H groups in total. The number of hydrogen-bond donors (Lipinski definition) is 1. The third-order valence-corrected chi connectivity index (χ3v) is 2.72. The van der Waals surface area contributed by atoms with E-state index in [0.717, 1.165) is 17.5 Å². The standard InChI is InChI=1S/C14H15NO/c1-10(2)11-3-5-12(6-4-11)14-8-7-13(9-16)15-14/h3-10,15H,1-2H3. The van der Waals surface area contributed by atoms with E-state index in [9.17, 15) is 4.79 Å². The van der Waals surface area contributed by atoms with Crippen LogP contribution in [0.4, 0.5) is 0 Å². The molecule has 0 bridgehead atoms. The Morgan fingerprint density at radius 1 is 1.06 bits per heavy atom. The van der Waals surface area contributed by atoms with E-state index in [2.05, 4.69) is 43.1 Å². The minimum Gasteiger partial charge on any atom is -0.352 e. The minimum atomic E-state index is 0.545. The first kappa shape index (κ1) is 10.7. The predicted octanol–water partition coefficient (Wildman–Crippen LogP) is 3.62. The molecule has 0 saturated carbocycles. The van der Waals surface area contributed by atoms with Crippen LogP contribution in [0.2, 0.25) is 0 Å². The van der Waals surface area contributed by atoms with Crippen molar-refractivity contribution in [1.29, 1.82) is 0 Å². The van der Waals surface area contributed by atoms with Crippen molar-refractivity contribution in [2.24, 2.45) is 0 Å². The van der Waals surface area contributed by atoms with Crippen molar-refractivity contribution in [3.05, 3.63) is 47.7 Å². The minimum absolute atomic E-state index is 0.545. The molecular weight excluding hydrogens is 198 g/mol. The van der Waals surface area contributed by atoms with Crippen molar-refractivity contribution in [3.63, 3.8) is 0 Å². The fourth-order valence-electron chi connectivity index (χ4n) is 1.70. The Morgan fingerprint density at radius 3 is 2.25 bits per heavy atom. The van der Waals surface area contributed by atoms with Crippen LogP contribution in [0.25, 0.3) is 11.3 Å². The van der Waals surface area contributed by atoms with E-state index in [1.54, 1.807) is 6.07 Å². The van der Waals surface area contributed by atoms with Gasteiger partial charge in [-0.3, -0.25) is 4.79 Å². The zero-order valence-corrected chi connectivity index (χ0v) is 9.53. The van der Waals surface area contributed by atoms with Gasteiger partial charge in [0.15, 0.2) is 6.29 Å². The molecule has 1 aromatic heterocycles. The summed E-state index contributed by atoms with van der Waals surface area (Å²) in [6.07, 6.45) is 0.825. The lowest BCUT2D eigenvalue weighted by Crippen LogP contribution is -1.87. The Morgan fingerprint density at radius 2 is 1.75 bits per heavy atom. The molecule has 2 aromatic rings. The number of aldehydes is 1. The predicted molar refractivity (Wildman–Crippen MR) is 65.7 cm³/mol. The Labute approximate surface area is 95.3 Å². The molecule has 82 valence electrons. The van der Waals surface area contributed by atoms with E-state index in [1.165, 1.54) is 5.56 Å². The fourth-order valence-corrected chi connectivity index (χ4v) is 1.70. The maximum atomic E-state index is 10.6. The number of aromatic amines is 1. The molecule has 1 aromatic carbocycles. The van der Waals surface area contributed by atoms with Crippen LogP contribution in [0.5, 0.6) is 0 Å². The summed E-state index contributed by atoms with van der Waals surface area (Å²) in [5.74, 6) is 0.545. The van der Waals surface area contributed by atoms with Crippen molar-refractivity contribution < 1.29 is 4.79 Å². The van der Waals surface area contributed by atoms with E-state index in [-0.39, 0.29) is 0 Å². The van der Waals surface area contributed by atoms with Gasteiger partial charge in [-0.2, -0.15) is 0 Å². The Bertz CT molecular complexity index is 480. The number of benzene rings is 1. The van der Waals surface area contributed by atoms with Gasteiger partial charge in [0, 0.05) is 5.69 Å². The summed E-state index contributed by atoms with van der Waals surface area (Å²) in [5.41, 5.74) is 4.03. The van der Waals surface area contributed by atoms with Crippen molar-refractivity contribution in [1.82, 2.24) is 4.98 Å². The van der Waals surface area contributed by atoms with Crippen LogP contribution in [0.1, 0.15) is 35.8 Å². The van der Waals surface area contributed by atoms with Gasteiger partial charge in [-0.1, -0.05) is 38.1 Å². The van der Waals surface area contributed by atoms with Crippen LogP contribution in [0, 0.1) is 0 Å². The van der Waals surface area contributed by atoms with Gasteiger partial charge in [-0.25, -0.2) is 0 Å². The third kappa shape index (κ3) is 2.06. The second kappa shape index (κ2) is 4.35. The highest BCUT2D eigenvalue weighted by atomic mass is 16.1. The molecule has 0 aliphatic rings. The zero-order chi connectivity index (χ0) is 11.5. The second-order valence-electron chi connectivity index (χ2n) is 4.22. The molecule has 0 radical (unpaired) electrons. The molecule has 2 rings (SSSR count). The van der Waals surface area contributed by atoms with Gasteiger partial charge in [-0.05, 0) is 29.2 Å². The Balaban J connectivity index is 2.30. The summed E-state index contributed by atoms with van der Waals surface area (Å²) in [7, 11) is 0. The first-order valence-corrected chi connectivity index (χ1v) is 5.45. The summed E-state index contributed by atoms with van der Waals surface area (Å²) in [5, 5.41) is 0. The van der Waals surface area contributed by atoms with Gasteiger partial charge in [0.2, 0.25) is 0 Å². The normalized spacial score (nSPS) is 10.7. The molecule has 2 heteroatoms. The van der Waals surface area contributed by atoms with Gasteiger partial charge < -0.3 is 4.98 Å². The number of hydrogen-bond acceptors (Lipinski definition) is 1. The van der Waals surface area contributed by atoms with E-state index >= 15 is 0 Å². The lowest BCUT2D eigenvalue weighted by atomic mass is 10.0. The molecule has 0 amide bonds. The van der Waals surface area contributed by atoms with Crippen molar-refractivity contribution in [3.8, 4) is 11.3 Å². The van der Waals surface area contributed by atoms with Gasteiger partial charge in [0.05, 0.1) is 5.69 Å². The quantitative estimate of drug-likeness (QED) is 0.776.